The number of alkyl halides is 1. The van der Waals surface area contributed by atoms with E-state index in [4.69, 9.17) is 16.3 Å². The number of thiophene rings is 1. The summed E-state index contributed by atoms with van der Waals surface area (Å²) in [5, 5.41) is 1.75. The van der Waals surface area contributed by atoms with Crippen molar-refractivity contribution in [3.63, 3.8) is 0 Å². The molecule has 0 radical (unpaired) electrons. The van der Waals surface area contributed by atoms with Gasteiger partial charge in [-0.25, -0.2) is 0 Å². The third-order valence-electron chi connectivity index (χ3n) is 2.22. The summed E-state index contributed by atoms with van der Waals surface area (Å²) >= 11 is 7.47. The van der Waals surface area contributed by atoms with Crippen LogP contribution in [-0.2, 0) is 4.74 Å². The number of ether oxygens (including phenoxy) is 1. The first-order valence-electron chi connectivity index (χ1n) is 4.98. The highest BCUT2D eigenvalue weighted by atomic mass is 35.5. The fraction of sp³-hybridized carbons (Fsp3) is 0.545. The Morgan fingerprint density at radius 3 is 2.88 bits per heavy atom. The molecule has 0 spiro atoms. The lowest BCUT2D eigenvalue weighted by Gasteiger charge is -2.19. The Morgan fingerprint density at radius 2 is 2.38 bits per heavy atom. The van der Waals surface area contributed by atoms with Gasteiger partial charge in [0.25, 0.3) is 5.91 Å². The van der Waals surface area contributed by atoms with E-state index in [1.807, 2.05) is 18.4 Å². The normalized spacial score (nSPS) is 12.5. The van der Waals surface area contributed by atoms with E-state index in [2.05, 4.69) is 0 Å². The molecule has 0 bridgehead atoms. The molecule has 0 aliphatic carbocycles. The lowest BCUT2D eigenvalue weighted by atomic mass is 10.2. The summed E-state index contributed by atoms with van der Waals surface area (Å²) in [5.41, 5.74) is 1.01. The van der Waals surface area contributed by atoms with Crippen LogP contribution in [0.4, 0.5) is 0 Å². The van der Waals surface area contributed by atoms with Crippen LogP contribution >= 0.6 is 22.9 Å². The van der Waals surface area contributed by atoms with E-state index in [0.717, 1.165) is 10.4 Å². The summed E-state index contributed by atoms with van der Waals surface area (Å²) in [5.74, 6) is 0.0225. The van der Waals surface area contributed by atoms with Crippen LogP contribution in [0.3, 0.4) is 0 Å². The van der Waals surface area contributed by atoms with Crippen LogP contribution in [-0.4, -0.2) is 43.5 Å². The topological polar surface area (TPSA) is 29.5 Å². The van der Waals surface area contributed by atoms with Gasteiger partial charge in [-0.1, -0.05) is 0 Å². The largest absolute Gasteiger partial charge is 0.383 e. The number of halogens is 1. The van der Waals surface area contributed by atoms with Gasteiger partial charge in [0.05, 0.1) is 16.9 Å². The summed E-state index contributed by atoms with van der Waals surface area (Å²) in [4.78, 5) is 14.4. The third kappa shape index (κ3) is 3.47. The molecule has 0 N–H and O–H groups in total. The summed E-state index contributed by atoms with van der Waals surface area (Å²) in [6.07, 6.45) is 0. The first-order valence-corrected chi connectivity index (χ1v) is 6.30. The molecule has 0 saturated heterocycles. The van der Waals surface area contributed by atoms with E-state index in [-0.39, 0.29) is 11.3 Å². The Bertz CT molecular complexity index is 354. The van der Waals surface area contributed by atoms with Crippen molar-refractivity contribution in [1.82, 2.24) is 4.90 Å². The summed E-state index contributed by atoms with van der Waals surface area (Å²) < 4.78 is 4.93. The SMILES string of the molecule is COCC(Cl)CN(C)C(=O)c1sccc1C. The van der Waals surface area contributed by atoms with Crippen LogP contribution in [0.2, 0.25) is 0 Å². The van der Waals surface area contributed by atoms with E-state index in [1.165, 1.54) is 11.3 Å². The van der Waals surface area contributed by atoms with E-state index >= 15 is 0 Å². The molecule has 0 aromatic carbocycles. The molecule has 16 heavy (non-hydrogen) atoms. The first kappa shape index (κ1) is 13.5. The van der Waals surface area contributed by atoms with E-state index in [0.29, 0.717) is 13.2 Å². The number of carbonyl (C=O) groups is 1. The Labute approximate surface area is 105 Å². The van der Waals surface area contributed by atoms with Gasteiger partial charge in [-0.3, -0.25) is 4.79 Å². The van der Waals surface area contributed by atoms with Gasteiger partial charge in [0.1, 0.15) is 0 Å². The van der Waals surface area contributed by atoms with Gasteiger partial charge in [0.15, 0.2) is 0 Å². The van der Waals surface area contributed by atoms with E-state index in [1.54, 1.807) is 19.1 Å². The average molecular weight is 262 g/mol. The summed E-state index contributed by atoms with van der Waals surface area (Å²) in [7, 11) is 3.35. The molecule has 3 nitrogen and oxygen atoms in total. The van der Waals surface area contributed by atoms with Gasteiger partial charge in [-0.15, -0.1) is 22.9 Å². The van der Waals surface area contributed by atoms with E-state index in [9.17, 15) is 4.79 Å². The predicted octanol–water partition coefficient (Wildman–Crippen LogP) is 2.38. The zero-order valence-corrected chi connectivity index (χ0v) is 11.3. The zero-order chi connectivity index (χ0) is 12.1. The minimum absolute atomic E-state index is 0.0225. The summed E-state index contributed by atoms with van der Waals surface area (Å²) in [6, 6.07) is 1.94. The standard InChI is InChI=1S/C11H16ClNO2S/c1-8-4-5-16-10(8)11(14)13(2)6-9(12)7-15-3/h4-5,9H,6-7H2,1-3H3. The third-order valence-corrected chi connectivity index (χ3v) is 3.49. The van der Waals surface area contributed by atoms with Crippen molar-refractivity contribution >= 4 is 28.8 Å². The lowest BCUT2D eigenvalue weighted by molar-refractivity contribution is 0.0786. The fourth-order valence-corrected chi connectivity index (χ4v) is 2.63. The van der Waals surface area contributed by atoms with Gasteiger partial charge in [0.2, 0.25) is 0 Å². The van der Waals surface area contributed by atoms with Crippen molar-refractivity contribution in [1.29, 1.82) is 0 Å². The Hall–Kier alpha value is -0.580. The monoisotopic (exact) mass is 261 g/mol. The fourth-order valence-electron chi connectivity index (χ4n) is 1.38. The molecule has 5 heteroatoms. The lowest BCUT2D eigenvalue weighted by Crippen LogP contribution is -2.33. The van der Waals surface area contributed by atoms with Crippen LogP contribution < -0.4 is 0 Å². The van der Waals surface area contributed by atoms with Crippen LogP contribution in [0.15, 0.2) is 11.4 Å². The number of hydrogen-bond donors (Lipinski definition) is 0. The predicted molar refractivity (Wildman–Crippen MR) is 67.5 cm³/mol. The second-order valence-electron chi connectivity index (χ2n) is 3.67. The first-order chi connectivity index (χ1) is 7.56. The number of amides is 1. The van der Waals surface area contributed by atoms with Crippen molar-refractivity contribution < 1.29 is 9.53 Å². The van der Waals surface area contributed by atoms with Crippen LogP contribution in [0.25, 0.3) is 0 Å². The Kier molecular flexibility index (Phi) is 5.25. The van der Waals surface area contributed by atoms with E-state index < -0.39 is 0 Å². The summed E-state index contributed by atoms with van der Waals surface area (Å²) in [6.45, 7) is 2.87. The number of methoxy groups -OCH3 is 1. The highest BCUT2D eigenvalue weighted by Crippen LogP contribution is 2.17. The molecule has 1 rings (SSSR count). The van der Waals surface area contributed by atoms with Crippen molar-refractivity contribution in [2.75, 3.05) is 27.3 Å². The van der Waals surface area contributed by atoms with Crippen molar-refractivity contribution in [2.24, 2.45) is 0 Å². The average Bonchev–Trinajstić information content (AvgIpc) is 2.63. The molecule has 0 aliphatic heterocycles. The van der Waals surface area contributed by atoms with Crippen molar-refractivity contribution in [3.8, 4) is 0 Å². The molecule has 1 heterocycles. The van der Waals surface area contributed by atoms with Crippen LogP contribution in [0.5, 0.6) is 0 Å². The maximum atomic E-state index is 12.0. The number of aryl methyl sites for hydroxylation is 1. The smallest absolute Gasteiger partial charge is 0.263 e. The molecule has 1 amide bonds. The zero-order valence-electron chi connectivity index (χ0n) is 9.70. The van der Waals surface area contributed by atoms with Crippen molar-refractivity contribution in [2.45, 2.75) is 12.3 Å². The number of rotatable bonds is 5. The van der Waals surface area contributed by atoms with Gasteiger partial charge in [0, 0.05) is 20.7 Å². The molecular weight excluding hydrogens is 246 g/mol. The molecule has 90 valence electrons. The number of nitrogens with zero attached hydrogens (tertiary/aromatic N) is 1. The Balaban J connectivity index is 2.58. The van der Waals surface area contributed by atoms with Crippen molar-refractivity contribution in [3.05, 3.63) is 21.9 Å². The van der Waals surface area contributed by atoms with Gasteiger partial charge in [-0.05, 0) is 23.9 Å². The highest BCUT2D eigenvalue weighted by Gasteiger charge is 2.17. The molecular formula is C11H16ClNO2S. The molecule has 0 saturated carbocycles. The van der Waals surface area contributed by atoms with Gasteiger partial charge in [-0.2, -0.15) is 0 Å². The molecule has 0 aliphatic rings. The van der Waals surface area contributed by atoms with Crippen LogP contribution in [0, 0.1) is 6.92 Å². The van der Waals surface area contributed by atoms with Crippen LogP contribution in [0.1, 0.15) is 15.2 Å². The minimum atomic E-state index is -0.167. The molecule has 1 aromatic heterocycles. The second kappa shape index (κ2) is 6.23. The highest BCUT2D eigenvalue weighted by molar-refractivity contribution is 7.12. The quantitative estimate of drug-likeness (QED) is 0.762. The molecule has 1 aromatic rings. The Morgan fingerprint density at radius 1 is 1.69 bits per heavy atom. The maximum Gasteiger partial charge on any atom is 0.263 e. The number of hydrogen-bond acceptors (Lipinski definition) is 3. The molecule has 1 atom stereocenters. The second-order valence-corrected chi connectivity index (χ2v) is 5.20. The molecule has 1 unspecified atom stereocenters. The van der Waals surface area contributed by atoms with Gasteiger partial charge >= 0.3 is 0 Å². The maximum absolute atomic E-state index is 12.0. The minimum Gasteiger partial charge on any atom is -0.383 e. The molecule has 0 fully saturated rings. The van der Waals surface area contributed by atoms with Gasteiger partial charge < -0.3 is 9.64 Å². The number of carbonyl (C=O) groups excluding carboxylic acids is 1.